The largest absolute Gasteiger partial charge is 0.382 e. The summed E-state index contributed by atoms with van der Waals surface area (Å²) in [5.74, 6) is -3.55. The summed E-state index contributed by atoms with van der Waals surface area (Å²) in [5.41, 5.74) is 10.5. The zero-order valence-corrected chi connectivity index (χ0v) is 19.1. The Morgan fingerprint density at radius 3 is 2.85 bits per heavy atom. The van der Waals surface area contributed by atoms with E-state index in [9.17, 15) is 13.6 Å². The smallest absolute Gasteiger partial charge is 0.274 e. The second-order valence-corrected chi connectivity index (χ2v) is 9.93. The number of hydrogen-bond donors (Lipinski definition) is 3. The molecule has 4 heterocycles. The summed E-state index contributed by atoms with van der Waals surface area (Å²) < 4.78 is 29.4. The summed E-state index contributed by atoms with van der Waals surface area (Å²) in [4.78, 5) is 21.4. The van der Waals surface area contributed by atoms with Gasteiger partial charge in [-0.25, -0.2) is 18.7 Å². The highest BCUT2D eigenvalue weighted by molar-refractivity contribution is 5.97. The van der Waals surface area contributed by atoms with Crippen LogP contribution in [0.2, 0.25) is 0 Å². The molecule has 0 spiro atoms. The molecule has 1 amide bonds. The molecule has 0 unspecified atom stereocenters. The standard InChI is InChI=1S/C24H27F2N7O/c1-23(2)8-19-17(10-30-33(19)13-23)14-4-3-5-15(6-14)18-11-29-21(27)20(32-18)22(34)31-16-7-24(25,26)12-28-9-16/h3-6,10-11,16,28H,7-9,12-13H2,1-2H3,(H2,27,29)(H,31,34)/t16-/m0/s1. The molecule has 1 saturated heterocycles. The lowest BCUT2D eigenvalue weighted by atomic mass is 9.89. The van der Waals surface area contributed by atoms with Crippen molar-refractivity contribution in [2.45, 2.75) is 45.2 Å². The summed E-state index contributed by atoms with van der Waals surface area (Å²) in [5, 5.41) is 9.79. The summed E-state index contributed by atoms with van der Waals surface area (Å²) in [6.07, 6.45) is 3.89. The zero-order valence-electron chi connectivity index (χ0n) is 19.1. The molecule has 0 bridgehead atoms. The monoisotopic (exact) mass is 467 g/mol. The van der Waals surface area contributed by atoms with E-state index in [0.29, 0.717) is 5.69 Å². The Morgan fingerprint density at radius 1 is 1.26 bits per heavy atom. The topological polar surface area (TPSA) is 111 Å². The minimum atomic E-state index is -2.88. The first-order valence-electron chi connectivity index (χ1n) is 11.3. The minimum Gasteiger partial charge on any atom is -0.382 e. The van der Waals surface area contributed by atoms with Crippen molar-refractivity contribution in [1.29, 1.82) is 0 Å². The third-order valence-corrected chi connectivity index (χ3v) is 6.31. The van der Waals surface area contributed by atoms with Gasteiger partial charge in [0, 0.05) is 42.4 Å². The first-order chi connectivity index (χ1) is 16.1. The Morgan fingerprint density at radius 2 is 2.06 bits per heavy atom. The Kier molecular flexibility index (Phi) is 5.35. The van der Waals surface area contributed by atoms with Crippen LogP contribution in [0.4, 0.5) is 14.6 Å². The van der Waals surface area contributed by atoms with E-state index >= 15 is 0 Å². The number of hydrogen-bond acceptors (Lipinski definition) is 6. The van der Waals surface area contributed by atoms with Gasteiger partial charge in [0.15, 0.2) is 11.5 Å². The van der Waals surface area contributed by atoms with Crippen LogP contribution in [0.25, 0.3) is 22.4 Å². The number of aromatic nitrogens is 4. The number of nitrogens with zero attached hydrogens (tertiary/aromatic N) is 4. The lowest BCUT2D eigenvalue weighted by Gasteiger charge is -2.30. The third kappa shape index (κ3) is 4.37. The average molecular weight is 468 g/mol. The van der Waals surface area contributed by atoms with E-state index in [1.165, 1.54) is 11.9 Å². The number of fused-ring (bicyclic) bond motifs is 1. The van der Waals surface area contributed by atoms with Crippen LogP contribution >= 0.6 is 0 Å². The molecule has 34 heavy (non-hydrogen) atoms. The molecule has 5 rings (SSSR count). The van der Waals surface area contributed by atoms with E-state index in [0.717, 1.165) is 29.7 Å². The van der Waals surface area contributed by atoms with Crippen LogP contribution in [-0.4, -0.2) is 50.7 Å². The number of carbonyl (C=O) groups excluding carboxylic acids is 1. The third-order valence-electron chi connectivity index (χ3n) is 6.31. The van der Waals surface area contributed by atoms with Crippen LogP contribution in [0.1, 0.15) is 36.5 Å². The number of nitrogen functional groups attached to an aromatic ring is 1. The molecular formula is C24H27F2N7O. The number of nitrogens with one attached hydrogen (secondary N) is 2. The molecule has 1 aromatic carbocycles. The van der Waals surface area contributed by atoms with Crippen molar-refractivity contribution in [3.8, 4) is 22.4 Å². The number of benzene rings is 1. The van der Waals surface area contributed by atoms with Crippen LogP contribution in [0.5, 0.6) is 0 Å². The van der Waals surface area contributed by atoms with Crippen LogP contribution in [-0.2, 0) is 13.0 Å². The van der Waals surface area contributed by atoms with E-state index in [1.807, 2.05) is 30.5 Å². The number of alkyl halides is 2. The summed E-state index contributed by atoms with van der Waals surface area (Å²) >= 11 is 0. The fourth-order valence-electron chi connectivity index (χ4n) is 4.73. The average Bonchev–Trinajstić information content (AvgIpc) is 3.28. The Balaban J connectivity index is 1.41. The van der Waals surface area contributed by atoms with Crippen molar-refractivity contribution in [3.63, 3.8) is 0 Å². The molecular weight excluding hydrogens is 440 g/mol. The minimum absolute atomic E-state index is 0.0513. The molecule has 2 aromatic heterocycles. The first kappa shape index (κ1) is 22.4. The van der Waals surface area contributed by atoms with Crippen molar-refractivity contribution in [2.75, 3.05) is 18.8 Å². The van der Waals surface area contributed by atoms with Gasteiger partial charge in [0.1, 0.15) is 0 Å². The fourth-order valence-corrected chi connectivity index (χ4v) is 4.73. The highest BCUT2D eigenvalue weighted by Gasteiger charge is 2.37. The number of nitrogens with two attached hydrogens (primary N) is 1. The Hall–Kier alpha value is -3.40. The van der Waals surface area contributed by atoms with Crippen molar-refractivity contribution >= 4 is 11.7 Å². The molecule has 1 atom stereocenters. The van der Waals surface area contributed by atoms with Crippen molar-refractivity contribution < 1.29 is 13.6 Å². The van der Waals surface area contributed by atoms with Gasteiger partial charge in [-0.3, -0.25) is 9.48 Å². The summed E-state index contributed by atoms with van der Waals surface area (Å²) in [6, 6.07) is 7.07. The summed E-state index contributed by atoms with van der Waals surface area (Å²) in [6.45, 7) is 5.19. The summed E-state index contributed by atoms with van der Waals surface area (Å²) in [7, 11) is 0. The highest BCUT2D eigenvalue weighted by atomic mass is 19.3. The van der Waals surface area contributed by atoms with Gasteiger partial charge in [-0.2, -0.15) is 5.10 Å². The quantitative estimate of drug-likeness (QED) is 0.544. The van der Waals surface area contributed by atoms with Gasteiger partial charge in [0.05, 0.1) is 24.6 Å². The Bertz CT molecular complexity index is 1250. The van der Waals surface area contributed by atoms with Crippen molar-refractivity contribution in [3.05, 3.63) is 48.0 Å². The lowest BCUT2D eigenvalue weighted by molar-refractivity contribution is -0.0301. The van der Waals surface area contributed by atoms with E-state index in [4.69, 9.17) is 5.73 Å². The molecule has 2 aliphatic heterocycles. The zero-order chi connectivity index (χ0) is 24.1. The maximum atomic E-state index is 13.7. The number of anilines is 1. The first-order valence-corrected chi connectivity index (χ1v) is 11.3. The molecule has 178 valence electrons. The number of amides is 1. The van der Waals surface area contributed by atoms with Crippen LogP contribution in [0, 0.1) is 5.41 Å². The normalized spacial score (nSPS) is 20.6. The molecule has 0 radical (unpaired) electrons. The second-order valence-electron chi connectivity index (χ2n) is 9.93. The molecule has 1 fully saturated rings. The van der Waals surface area contributed by atoms with Gasteiger partial charge in [-0.1, -0.05) is 32.0 Å². The molecule has 8 nitrogen and oxygen atoms in total. The van der Waals surface area contributed by atoms with E-state index in [-0.39, 0.29) is 23.5 Å². The molecule has 3 aromatic rings. The van der Waals surface area contributed by atoms with E-state index in [2.05, 4.69) is 44.2 Å². The van der Waals surface area contributed by atoms with Gasteiger partial charge < -0.3 is 16.4 Å². The molecule has 2 aliphatic rings. The highest BCUT2D eigenvalue weighted by Crippen LogP contribution is 2.37. The molecule has 0 aliphatic carbocycles. The number of halogens is 2. The number of rotatable bonds is 4. The predicted molar refractivity (Wildman–Crippen MR) is 124 cm³/mol. The molecule has 0 saturated carbocycles. The maximum absolute atomic E-state index is 13.7. The second kappa shape index (κ2) is 8.12. The van der Waals surface area contributed by atoms with Gasteiger partial charge in [0.25, 0.3) is 11.8 Å². The molecule has 10 heteroatoms. The van der Waals surface area contributed by atoms with Gasteiger partial charge in [0.2, 0.25) is 0 Å². The van der Waals surface area contributed by atoms with Crippen LogP contribution in [0.3, 0.4) is 0 Å². The number of piperidine rings is 1. The predicted octanol–water partition coefficient (Wildman–Crippen LogP) is 2.90. The van der Waals surface area contributed by atoms with Crippen LogP contribution < -0.4 is 16.4 Å². The van der Waals surface area contributed by atoms with Gasteiger partial charge >= 0.3 is 0 Å². The van der Waals surface area contributed by atoms with Gasteiger partial charge in [-0.05, 0) is 23.5 Å². The van der Waals surface area contributed by atoms with Crippen molar-refractivity contribution in [1.82, 2.24) is 30.4 Å². The van der Waals surface area contributed by atoms with E-state index in [1.54, 1.807) is 0 Å². The maximum Gasteiger partial charge on any atom is 0.274 e. The van der Waals surface area contributed by atoms with Crippen LogP contribution in [0.15, 0.2) is 36.7 Å². The van der Waals surface area contributed by atoms with E-state index < -0.39 is 30.8 Å². The van der Waals surface area contributed by atoms with Crippen molar-refractivity contribution in [2.24, 2.45) is 5.41 Å². The Labute approximate surface area is 196 Å². The molecule has 4 N–H and O–H groups in total. The number of carbonyl (C=O) groups is 1. The lowest BCUT2D eigenvalue weighted by Crippen LogP contribution is -2.53. The van der Waals surface area contributed by atoms with Gasteiger partial charge in [-0.15, -0.1) is 0 Å². The SMILES string of the molecule is CC1(C)Cc2c(-c3cccc(-c4cnc(N)c(C(=O)N[C@@H]5CNCC(F)(F)C5)n4)c3)cnn2C1. The fraction of sp³-hybridized carbons (Fsp3) is 0.417.